The van der Waals surface area contributed by atoms with Gasteiger partial charge in [0.05, 0.1) is 30.3 Å². The van der Waals surface area contributed by atoms with Gasteiger partial charge in [0.1, 0.15) is 18.6 Å². The molecule has 2 aromatic rings. The van der Waals surface area contributed by atoms with E-state index in [2.05, 4.69) is 9.97 Å². The summed E-state index contributed by atoms with van der Waals surface area (Å²) in [6.07, 6.45) is 8.15. The molecule has 1 fully saturated rings. The van der Waals surface area contributed by atoms with Gasteiger partial charge in [-0.25, -0.2) is 4.98 Å². The van der Waals surface area contributed by atoms with Gasteiger partial charge in [0, 0.05) is 24.4 Å². The van der Waals surface area contributed by atoms with Crippen LogP contribution in [-0.2, 0) is 11.3 Å². The van der Waals surface area contributed by atoms with Crippen molar-refractivity contribution < 1.29 is 19.0 Å². The third kappa shape index (κ3) is 5.21. The van der Waals surface area contributed by atoms with Crippen LogP contribution >= 0.6 is 0 Å². The average molecular weight is 410 g/mol. The summed E-state index contributed by atoms with van der Waals surface area (Å²) in [6.45, 7) is 2.77. The van der Waals surface area contributed by atoms with E-state index in [-0.39, 0.29) is 12.8 Å². The van der Waals surface area contributed by atoms with Gasteiger partial charge in [0.2, 0.25) is 5.88 Å². The van der Waals surface area contributed by atoms with Crippen molar-refractivity contribution >= 4 is 12.0 Å². The topological polar surface area (TPSA) is 109 Å². The molecule has 1 unspecified atom stereocenters. The van der Waals surface area contributed by atoms with Crippen LogP contribution in [0.25, 0.3) is 0 Å². The molecule has 158 valence electrons. The number of nitrogens with zero attached hydrogens (tertiary/aromatic N) is 3. The predicted molar refractivity (Wildman–Crippen MR) is 113 cm³/mol. The summed E-state index contributed by atoms with van der Waals surface area (Å²) in [7, 11) is 1.49. The van der Waals surface area contributed by atoms with Gasteiger partial charge in [0.15, 0.2) is 6.29 Å². The van der Waals surface area contributed by atoms with Gasteiger partial charge in [-0.1, -0.05) is 6.07 Å². The number of rotatable bonds is 8. The lowest BCUT2D eigenvalue weighted by molar-refractivity contribution is 0.0224. The minimum atomic E-state index is -0.216. The van der Waals surface area contributed by atoms with Crippen LogP contribution in [-0.4, -0.2) is 41.9 Å². The molecular weight excluding hydrogens is 384 g/mol. The van der Waals surface area contributed by atoms with Crippen molar-refractivity contribution in [3.8, 4) is 11.6 Å². The van der Waals surface area contributed by atoms with Crippen LogP contribution < -0.4 is 15.2 Å². The average Bonchev–Trinajstić information content (AvgIpc) is 2.81. The third-order valence-corrected chi connectivity index (χ3v) is 4.76. The Morgan fingerprint density at radius 3 is 2.97 bits per heavy atom. The van der Waals surface area contributed by atoms with Crippen LogP contribution in [0.2, 0.25) is 0 Å². The summed E-state index contributed by atoms with van der Waals surface area (Å²) in [6, 6.07) is 5.26. The van der Waals surface area contributed by atoms with E-state index < -0.39 is 0 Å². The lowest BCUT2D eigenvalue weighted by Gasteiger charge is -2.21. The summed E-state index contributed by atoms with van der Waals surface area (Å²) >= 11 is 0. The number of ether oxygens (including phenoxy) is 3. The van der Waals surface area contributed by atoms with Crippen LogP contribution in [0.5, 0.6) is 11.6 Å². The smallest absolute Gasteiger partial charge is 0.213 e. The Morgan fingerprint density at radius 1 is 1.40 bits per heavy atom. The zero-order chi connectivity index (χ0) is 21.3. The zero-order valence-corrected chi connectivity index (χ0v) is 17.2. The van der Waals surface area contributed by atoms with Crippen molar-refractivity contribution in [2.45, 2.75) is 39.0 Å². The van der Waals surface area contributed by atoms with Crippen molar-refractivity contribution in [1.29, 1.82) is 0 Å². The Morgan fingerprint density at radius 2 is 2.27 bits per heavy atom. The number of aldehydes is 1. The summed E-state index contributed by atoms with van der Waals surface area (Å²) in [4.78, 5) is 24.8. The molecule has 8 nitrogen and oxygen atoms in total. The highest BCUT2D eigenvalue weighted by atomic mass is 16.5. The minimum Gasteiger partial charge on any atom is -0.486 e. The molecule has 1 atom stereocenters. The molecule has 2 aromatic heterocycles. The second kappa shape index (κ2) is 10.5. The predicted octanol–water partition coefficient (Wildman–Crippen LogP) is 3.05. The molecular formula is C22H26N4O4. The Balaban J connectivity index is 1.89. The van der Waals surface area contributed by atoms with E-state index in [4.69, 9.17) is 24.9 Å². The maximum absolute atomic E-state index is 11.4. The molecule has 8 heteroatoms. The lowest BCUT2D eigenvalue weighted by atomic mass is 10.0. The number of hydrogen-bond donors (Lipinski definition) is 1. The molecule has 0 bridgehead atoms. The molecule has 2 N–H and O–H groups in total. The second-order valence-corrected chi connectivity index (χ2v) is 6.83. The molecule has 3 heterocycles. The van der Waals surface area contributed by atoms with Gasteiger partial charge in [-0.15, -0.1) is 0 Å². The fourth-order valence-electron chi connectivity index (χ4n) is 3.08. The summed E-state index contributed by atoms with van der Waals surface area (Å²) < 4.78 is 16.7. The van der Waals surface area contributed by atoms with E-state index in [1.165, 1.54) is 25.6 Å². The van der Waals surface area contributed by atoms with Gasteiger partial charge in [-0.3, -0.25) is 14.8 Å². The highest BCUT2D eigenvalue weighted by Crippen LogP contribution is 2.23. The minimum absolute atomic E-state index is 0.181. The van der Waals surface area contributed by atoms with Crippen molar-refractivity contribution in [3.05, 3.63) is 59.2 Å². The number of carbonyl (C=O) groups excluding carboxylic acids is 1. The first-order valence-corrected chi connectivity index (χ1v) is 9.80. The number of hydrogen-bond acceptors (Lipinski definition) is 8. The van der Waals surface area contributed by atoms with Crippen molar-refractivity contribution in [2.75, 3.05) is 13.7 Å². The molecule has 0 aliphatic carbocycles. The summed E-state index contributed by atoms with van der Waals surface area (Å²) in [5.74, 6) is 0.706. The number of nitrogens with two attached hydrogens (primary N) is 1. The van der Waals surface area contributed by atoms with E-state index >= 15 is 0 Å². The number of pyridine rings is 2. The molecule has 0 spiro atoms. The highest BCUT2D eigenvalue weighted by Gasteiger charge is 2.19. The van der Waals surface area contributed by atoms with E-state index in [1.54, 1.807) is 6.20 Å². The molecule has 3 rings (SSSR count). The van der Waals surface area contributed by atoms with Gasteiger partial charge < -0.3 is 19.9 Å². The van der Waals surface area contributed by atoms with E-state index in [1.807, 2.05) is 19.1 Å². The Hall–Kier alpha value is -3.26. The van der Waals surface area contributed by atoms with Crippen LogP contribution in [0.1, 0.15) is 47.8 Å². The Labute approximate surface area is 175 Å². The first-order valence-electron chi connectivity index (χ1n) is 9.80. The van der Waals surface area contributed by atoms with Crippen LogP contribution in [0.4, 0.5) is 0 Å². The molecule has 1 aliphatic rings. The number of carbonyl (C=O) groups is 1. The maximum Gasteiger partial charge on any atom is 0.213 e. The van der Waals surface area contributed by atoms with Crippen molar-refractivity contribution in [3.63, 3.8) is 0 Å². The number of methoxy groups -OCH3 is 1. The fourth-order valence-corrected chi connectivity index (χ4v) is 3.08. The summed E-state index contributed by atoms with van der Waals surface area (Å²) in [5, 5.41) is 0. The van der Waals surface area contributed by atoms with Crippen molar-refractivity contribution in [1.82, 2.24) is 9.97 Å². The largest absolute Gasteiger partial charge is 0.486 e. The van der Waals surface area contributed by atoms with Gasteiger partial charge in [-0.2, -0.15) is 0 Å². The lowest BCUT2D eigenvalue weighted by Crippen LogP contribution is -2.21. The molecule has 30 heavy (non-hydrogen) atoms. The van der Waals surface area contributed by atoms with E-state index in [0.717, 1.165) is 30.4 Å². The Bertz CT molecular complexity index is 936. The molecule has 0 saturated carbocycles. The Kier molecular flexibility index (Phi) is 7.51. The number of aliphatic imine (C=N–C) groups is 1. The SMILES string of the molecule is COc1cc(C=O)c(OCc2cccnc2C(=N\C2CCCCO2)/C(C)=C\N)cn1. The van der Waals surface area contributed by atoms with Crippen LogP contribution in [0.3, 0.4) is 0 Å². The van der Waals surface area contributed by atoms with Gasteiger partial charge in [-0.05, 0) is 44.0 Å². The first kappa shape index (κ1) is 21.4. The maximum atomic E-state index is 11.4. The molecule has 0 aromatic carbocycles. The number of allylic oxidation sites excluding steroid dienone is 1. The molecule has 1 aliphatic heterocycles. The van der Waals surface area contributed by atoms with Crippen LogP contribution in [0.15, 0.2) is 47.4 Å². The summed E-state index contributed by atoms with van der Waals surface area (Å²) in [5.41, 5.74) is 9.09. The zero-order valence-electron chi connectivity index (χ0n) is 17.2. The van der Waals surface area contributed by atoms with Crippen molar-refractivity contribution in [2.24, 2.45) is 10.7 Å². The second-order valence-electron chi connectivity index (χ2n) is 6.83. The quantitative estimate of drug-likeness (QED) is 0.526. The fraction of sp³-hybridized carbons (Fsp3) is 0.364. The molecule has 1 saturated heterocycles. The number of aromatic nitrogens is 2. The van der Waals surface area contributed by atoms with Crippen LogP contribution in [0, 0.1) is 0 Å². The third-order valence-electron chi connectivity index (χ3n) is 4.76. The monoisotopic (exact) mass is 410 g/mol. The molecule has 0 radical (unpaired) electrons. The van der Waals surface area contributed by atoms with Gasteiger partial charge >= 0.3 is 0 Å². The van der Waals surface area contributed by atoms with Gasteiger partial charge in [0.25, 0.3) is 0 Å². The standard InChI is InChI=1S/C22H26N4O4/c1-15(11-23)21(26-19-7-3-4-9-29-19)22-16(6-5-8-24-22)14-30-18-12-25-20(28-2)10-17(18)13-27/h5-6,8,10-13,19H,3-4,7,9,14,23H2,1-2H3/b15-11-,26-21-. The highest BCUT2D eigenvalue weighted by molar-refractivity contribution is 6.11. The molecule has 0 amide bonds. The van der Waals surface area contributed by atoms with E-state index in [9.17, 15) is 4.79 Å². The first-order chi connectivity index (χ1) is 14.7. The normalized spacial score (nSPS) is 17.5. The van der Waals surface area contributed by atoms with E-state index in [0.29, 0.717) is 41.5 Å².